The van der Waals surface area contributed by atoms with Gasteiger partial charge in [0.25, 0.3) is 0 Å². The van der Waals surface area contributed by atoms with Gasteiger partial charge in [-0.1, -0.05) is 24.3 Å². The van der Waals surface area contributed by atoms with Crippen molar-refractivity contribution in [3.05, 3.63) is 120 Å². The van der Waals surface area contributed by atoms with Crippen molar-refractivity contribution in [1.82, 2.24) is 0 Å². The minimum absolute atomic E-state index is 0. The third kappa shape index (κ3) is 41.2. The Kier molecular flexibility index (Phi) is 45.0. The second-order valence-corrected chi connectivity index (χ2v) is 8.30. The first kappa shape index (κ1) is 64.5. The number of hydrogen-bond acceptors (Lipinski definition) is 16. The van der Waals surface area contributed by atoms with Crippen LogP contribution in [0, 0.1) is 0 Å². The first-order valence-electron chi connectivity index (χ1n) is 13.4. The molecular formula is C32H32N4O20Zr. The summed E-state index contributed by atoms with van der Waals surface area (Å²) >= 11 is 0. The van der Waals surface area contributed by atoms with Crippen molar-refractivity contribution in [1.29, 1.82) is 0 Å². The average molecular weight is 884 g/mol. The Morgan fingerprint density at radius 1 is 0.298 bits per heavy atom. The van der Waals surface area contributed by atoms with E-state index in [-0.39, 0.29) is 48.1 Å². The summed E-state index contributed by atoms with van der Waals surface area (Å²) in [5.41, 5.74) is 4.77. The minimum Gasteiger partial charge on any atom is -0.543 e. The maximum atomic E-state index is 8.93. The van der Waals surface area contributed by atoms with Gasteiger partial charge in [-0.15, -0.1) is 0 Å². The number of nitrogens with one attached hydrogen (secondary N) is 4. The molecule has 0 aliphatic carbocycles. The van der Waals surface area contributed by atoms with E-state index in [1.165, 1.54) is 22.3 Å². The van der Waals surface area contributed by atoms with Crippen molar-refractivity contribution in [3.8, 4) is 0 Å². The molecule has 0 radical (unpaired) electrons. The molecule has 0 unspecified atom stereocenters. The van der Waals surface area contributed by atoms with E-state index in [4.69, 9.17) is 79.2 Å². The Bertz CT molecular complexity index is 1490. The number of carboxylic acid groups (broad SMARTS) is 8. The molecule has 0 saturated carbocycles. The summed E-state index contributed by atoms with van der Waals surface area (Å²) in [5, 5.41) is 71.4. The molecule has 4 aromatic heterocycles. The molecule has 304 valence electrons. The number of aliphatic carboxylic acids is 8. The van der Waals surface area contributed by atoms with Crippen molar-refractivity contribution in [3.63, 3.8) is 0 Å². The van der Waals surface area contributed by atoms with Crippen LogP contribution < -0.4 is 60.8 Å². The van der Waals surface area contributed by atoms with E-state index in [1.807, 2.05) is 98.1 Å². The Morgan fingerprint density at radius 2 is 0.404 bits per heavy atom. The third-order valence-electron chi connectivity index (χ3n) is 4.58. The molecule has 0 spiro atoms. The number of aromatic amines is 4. The monoisotopic (exact) mass is 882 g/mol. The van der Waals surface area contributed by atoms with Gasteiger partial charge in [-0.05, 0) is 22.3 Å². The van der Waals surface area contributed by atoms with Crippen molar-refractivity contribution >= 4 is 72.1 Å². The Balaban J connectivity index is -0.000000109. The van der Waals surface area contributed by atoms with E-state index >= 15 is 0 Å². The summed E-state index contributed by atoms with van der Waals surface area (Å²) in [6.07, 6.45) is 23.7. The molecule has 4 aromatic rings. The summed E-state index contributed by atoms with van der Waals surface area (Å²) in [7, 11) is 0. The molecule has 0 aliphatic rings. The van der Waals surface area contributed by atoms with Gasteiger partial charge in [0.15, 0.2) is 49.6 Å². The molecule has 4 heterocycles. The number of carbonyl (C=O) groups excluding carboxylic acids is 8. The van der Waals surface area contributed by atoms with Crippen LogP contribution in [-0.4, -0.2) is 69.7 Å². The maximum absolute atomic E-state index is 8.93. The van der Waals surface area contributed by atoms with Crippen molar-refractivity contribution in [2.45, 2.75) is 0 Å². The standard InChI is InChI=1S/2C12H10N2.4C2H2O4.4H2O.Zr/c2*1(11-3-7-13-8-4-11)2-12-5-9-14-10-6-12;4*3-1(4)2(5)6;;;;;/h2*1-10H;4*(H,3,4)(H,5,6);4*1H2;/q;;;;;;;;;;+4/p-4/b2*2-1+;;;;;;;;;. The molecule has 0 aliphatic heterocycles. The van der Waals surface area contributed by atoms with E-state index in [1.54, 1.807) is 0 Å². The van der Waals surface area contributed by atoms with Gasteiger partial charge >= 0.3 is 26.2 Å². The van der Waals surface area contributed by atoms with Crippen LogP contribution in [0.5, 0.6) is 0 Å². The van der Waals surface area contributed by atoms with Crippen LogP contribution in [0.15, 0.2) is 98.1 Å². The zero-order valence-corrected chi connectivity index (χ0v) is 31.0. The van der Waals surface area contributed by atoms with Gasteiger partial charge in [0, 0.05) is 48.5 Å². The molecule has 0 fully saturated rings. The molecule has 12 N–H and O–H groups in total. The van der Waals surface area contributed by atoms with Crippen LogP contribution in [0.4, 0.5) is 0 Å². The summed E-state index contributed by atoms with van der Waals surface area (Å²) in [4.78, 5) is 83.4. The van der Waals surface area contributed by atoms with Crippen LogP contribution in [0.25, 0.3) is 24.3 Å². The molecule has 0 saturated heterocycles. The number of hydrogen-bond donors (Lipinski definition) is 0. The molecule has 0 bridgehead atoms. The summed E-state index contributed by atoms with van der Waals surface area (Å²) < 4.78 is 0. The number of pyridine rings is 4. The molecule has 4 rings (SSSR count). The molecule has 25 heteroatoms. The van der Waals surface area contributed by atoms with Crippen molar-refractivity contribution < 1.29 is 147 Å². The van der Waals surface area contributed by atoms with Crippen LogP contribution in [0.2, 0.25) is 0 Å². The Hall–Kier alpha value is -7.44. The second kappa shape index (κ2) is 39.8. The van der Waals surface area contributed by atoms with Gasteiger partial charge in [0.2, 0.25) is 0 Å². The Morgan fingerprint density at radius 3 is 0.491 bits per heavy atom. The minimum atomic E-state index is -2.19. The number of aromatic nitrogens is 4. The van der Waals surface area contributed by atoms with Crippen LogP contribution in [-0.2, 0) is 64.6 Å². The summed E-state index contributed by atoms with van der Waals surface area (Å²) in [6.45, 7) is 0. The predicted octanol–water partition coefficient (Wildman–Crippen LogP) is -14.4. The largest absolute Gasteiger partial charge is 4.00 e. The quantitative estimate of drug-likeness (QED) is 0.172. The van der Waals surface area contributed by atoms with E-state index in [0.29, 0.717) is 0 Å². The van der Waals surface area contributed by atoms with E-state index in [2.05, 4.69) is 44.2 Å². The molecule has 0 aromatic carbocycles. The van der Waals surface area contributed by atoms with Crippen molar-refractivity contribution in [2.75, 3.05) is 0 Å². The molecule has 24 nitrogen and oxygen atoms in total. The van der Waals surface area contributed by atoms with E-state index in [0.717, 1.165) is 0 Å². The number of carboxylic acids is 8. The number of H-pyrrole nitrogens is 4. The topological polar surface area (TPSA) is 504 Å². The zero-order chi connectivity index (χ0) is 39.9. The number of rotatable bonds is 4. The average Bonchev–Trinajstić information content (AvgIpc) is 3.13. The maximum Gasteiger partial charge on any atom is 4.00 e. The molecular weight excluding hydrogens is 852 g/mol. The fraction of sp³-hybridized carbons (Fsp3) is 0. The third-order valence-corrected chi connectivity index (χ3v) is 4.58. The summed E-state index contributed by atoms with van der Waals surface area (Å²) in [6, 6.07) is 16.3. The first-order chi connectivity index (χ1) is 24.5. The van der Waals surface area contributed by atoms with Crippen LogP contribution in [0.3, 0.4) is 0 Å². The fourth-order valence-electron chi connectivity index (χ4n) is 2.43. The van der Waals surface area contributed by atoms with Gasteiger partial charge in [0.1, 0.15) is 0 Å². The Labute approximate surface area is 338 Å². The predicted molar refractivity (Wildman–Crippen MR) is 164 cm³/mol. The fourth-order valence-corrected chi connectivity index (χ4v) is 2.43. The number of carbonyl (C=O) groups is 8. The van der Waals surface area contributed by atoms with E-state index in [9.17, 15) is 0 Å². The van der Waals surface area contributed by atoms with E-state index < -0.39 is 47.8 Å². The molecule has 57 heavy (non-hydrogen) atoms. The molecule has 0 atom stereocenters. The smallest absolute Gasteiger partial charge is 0.543 e. The second-order valence-electron chi connectivity index (χ2n) is 8.30. The van der Waals surface area contributed by atoms with Gasteiger partial charge in [-0.2, -0.15) is 0 Å². The van der Waals surface area contributed by atoms with Gasteiger partial charge < -0.3 is 101 Å². The summed E-state index contributed by atoms with van der Waals surface area (Å²) in [5.74, 6) is -17.5. The van der Waals surface area contributed by atoms with Gasteiger partial charge in [-0.3, -0.25) is 0 Å². The normalized spacial score (nSPS) is 8.28. The van der Waals surface area contributed by atoms with Gasteiger partial charge in [-0.25, -0.2) is 19.9 Å². The van der Waals surface area contributed by atoms with Crippen LogP contribution in [0.1, 0.15) is 22.3 Å². The van der Waals surface area contributed by atoms with Gasteiger partial charge in [0.05, 0.1) is 47.8 Å². The van der Waals surface area contributed by atoms with Crippen LogP contribution >= 0.6 is 0 Å². The first-order valence-corrected chi connectivity index (χ1v) is 13.4. The molecule has 0 amide bonds. The van der Waals surface area contributed by atoms with Crippen molar-refractivity contribution in [2.24, 2.45) is 0 Å². The zero-order valence-electron chi connectivity index (χ0n) is 28.6. The SMILES string of the molecule is C(=C\c1cc[nH+]cc1)/c1cc[nH+]cc1.C(=C\c1cc[nH+]cc1)/c1cc[nH+]cc1.O.O.O.O.O=C([O-])C(=O)[O-].O=C([O-])C(=O)[O-].O=C([O-])C(=O)[O-].O=C([O-])C(=O)[O-].[Zr+4].